The lowest BCUT2D eigenvalue weighted by molar-refractivity contribution is -0.185. The van der Waals surface area contributed by atoms with E-state index < -0.39 is 18.8 Å². The van der Waals surface area contributed by atoms with E-state index in [1.165, 1.54) is 54.6 Å². The van der Waals surface area contributed by atoms with Crippen LogP contribution in [0.4, 0.5) is 13.2 Å². The number of carboxylic acid groups (broad SMARTS) is 1. The molecule has 0 aliphatic heterocycles. The van der Waals surface area contributed by atoms with Crippen molar-refractivity contribution in [3.63, 3.8) is 0 Å². The van der Waals surface area contributed by atoms with Crippen LogP contribution < -0.4 is 9.47 Å². The minimum atomic E-state index is -3.55. The Hall–Kier alpha value is -2.96. The summed E-state index contributed by atoms with van der Waals surface area (Å²) in [6.07, 6.45) is -0.308. The van der Waals surface area contributed by atoms with Crippen molar-refractivity contribution in [2.45, 2.75) is 19.0 Å². The summed E-state index contributed by atoms with van der Waals surface area (Å²) in [4.78, 5) is 10.5. The summed E-state index contributed by atoms with van der Waals surface area (Å²) in [6, 6.07) is 10.8. The number of ether oxygens (including phenoxy) is 2. The summed E-state index contributed by atoms with van der Waals surface area (Å²) in [7, 11) is 0. The molecule has 0 amide bonds. The molecule has 0 radical (unpaired) electrons. The Morgan fingerprint density at radius 2 is 1.63 bits per heavy atom. The number of carboxylic acids is 1. The van der Waals surface area contributed by atoms with E-state index in [0.717, 1.165) is 6.08 Å². The van der Waals surface area contributed by atoms with Crippen molar-refractivity contribution < 1.29 is 32.5 Å². The summed E-state index contributed by atoms with van der Waals surface area (Å²) >= 11 is 0. The van der Waals surface area contributed by atoms with Crippen LogP contribution in [0.1, 0.15) is 24.0 Å². The zero-order valence-electron chi connectivity index (χ0n) is 14.4. The van der Waals surface area contributed by atoms with Gasteiger partial charge in [0.2, 0.25) is 0 Å². The smallest absolute Gasteiger partial charge is 0.426 e. The molecule has 0 bridgehead atoms. The molecule has 144 valence electrons. The van der Waals surface area contributed by atoms with Crippen molar-refractivity contribution >= 4 is 12.0 Å². The molecular weight excluding hydrogens is 361 g/mol. The molecule has 4 nitrogen and oxygen atoms in total. The maximum atomic E-state index is 14.3. The predicted octanol–water partition coefficient (Wildman–Crippen LogP) is 5.04. The van der Waals surface area contributed by atoms with Crippen LogP contribution in [0.15, 0.2) is 54.6 Å². The van der Waals surface area contributed by atoms with Crippen LogP contribution in [-0.4, -0.2) is 24.4 Å². The van der Waals surface area contributed by atoms with Gasteiger partial charge in [-0.25, -0.2) is 4.79 Å². The predicted molar refractivity (Wildman–Crippen MR) is 94.8 cm³/mol. The number of rotatable bonds is 10. The molecule has 0 saturated carbocycles. The number of carbonyl (C=O) groups is 1. The van der Waals surface area contributed by atoms with Gasteiger partial charge in [0, 0.05) is 6.08 Å². The molecule has 2 rings (SSSR count). The van der Waals surface area contributed by atoms with E-state index in [1.54, 1.807) is 0 Å². The average molecular weight is 380 g/mol. The van der Waals surface area contributed by atoms with Crippen LogP contribution in [0.2, 0.25) is 0 Å². The molecule has 0 aromatic heterocycles. The third kappa shape index (κ3) is 6.69. The maximum absolute atomic E-state index is 14.3. The van der Waals surface area contributed by atoms with Gasteiger partial charge >= 0.3 is 12.1 Å². The van der Waals surface area contributed by atoms with Gasteiger partial charge in [-0.2, -0.15) is 8.78 Å². The van der Waals surface area contributed by atoms with Gasteiger partial charge in [0.1, 0.15) is 11.5 Å². The summed E-state index contributed by atoms with van der Waals surface area (Å²) in [5, 5.41) is 8.56. The van der Waals surface area contributed by atoms with Crippen LogP contribution >= 0.6 is 0 Å². The highest BCUT2D eigenvalue weighted by Gasteiger charge is 2.34. The molecule has 0 fully saturated rings. The van der Waals surface area contributed by atoms with Gasteiger partial charge in [-0.15, -0.1) is 0 Å². The van der Waals surface area contributed by atoms with E-state index in [4.69, 9.17) is 14.6 Å². The molecule has 0 heterocycles. The molecule has 27 heavy (non-hydrogen) atoms. The number of aliphatic carboxylic acids is 1. The molecule has 0 unspecified atom stereocenters. The van der Waals surface area contributed by atoms with Gasteiger partial charge in [0.05, 0.1) is 18.8 Å². The fourth-order valence-electron chi connectivity index (χ4n) is 2.15. The van der Waals surface area contributed by atoms with Crippen molar-refractivity contribution in [1.29, 1.82) is 0 Å². The number of unbranched alkanes of at least 4 members (excludes halogenated alkanes) is 1. The summed E-state index contributed by atoms with van der Waals surface area (Å²) in [6.45, 7) is -0.0957. The number of hydrogen-bond donors (Lipinski definition) is 1. The molecule has 1 N–H and O–H groups in total. The lowest BCUT2D eigenvalue weighted by Crippen LogP contribution is -2.21. The second-order valence-electron chi connectivity index (χ2n) is 5.63. The quantitative estimate of drug-likeness (QED) is 0.463. The number of alkyl halides is 3. The molecule has 2 aromatic rings. The lowest BCUT2D eigenvalue weighted by Gasteiger charge is -2.18. The minimum Gasteiger partial charge on any atom is -0.494 e. The Labute approximate surface area is 154 Å². The Morgan fingerprint density at radius 3 is 2.22 bits per heavy atom. The Bertz CT molecular complexity index is 756. The monoisotopic (exact) mass is 380 g/mol. The lowest BCUT2D eigenvalue weighted by atomic mass is 10.2. The highest BCUT2D eigenvalue weighted by atomic mass is 19.3. The second kappa shape index (κ2) is 9.66. The molecule has 7 heteroatoms. The standard InChI is InChI=1S/C20H19F3O4/c21-13-1-2-14-26-17-10-6-16(7-11-17)20(22,23)27-18-8-3-15(4-9-18)5-12-19(24)25/h3-12H,1-2,13-14H2,(H,24,25). The van der Waals surface area contributed by atoms with Crippen molar-refractivity contribution in [2.75, 3.05) is 13.3 Å². The SMILES string of the molecule is O=C(O)C=Cc1ccc(OC(F)(F)c2ccc(OCCCCF)cc2)cc1. The molecule has 0 aliphatic rings. The Kier molecular flexibility index (Phi) is 7.28. The number of hydrogen-bond acceptors (Lipinski definition) is 3. The summed E-state index contributed by atoms with van der Waals surface area (Å²) in [5.41, 5.74) is 0.204. The molecule has 0 aliphatic carbocycles. The van der Waals surface area contributed by atoms with Crippen LogP contribution in [-0.2, 0) is 10.9 Å². The Morgan fingerprint density at radius 1 is 1.00 bits per heavy atom. The first-order valence-electron chi connectivity index (χ1n) is 8.28. The summed E-state index contributed by atoms with van der Waals surface area (Å²) < 4.78 is 50.7. The normalized spacial score (nSPS) is 11.5. The minimum absolute atomic E-state index is 0.0565. The van der Waals surface area contributed by atoms with Crippen molar-refractivity contribution in [1.82, 2.24) is 0 Å². The molecule has 0 saturated heterocycles. The maximum Gasteiger partial charge on any atom is 0.426 e. The van der Waals surface area contributed by atoms with E-state index in [-0.39, 0.29) is 11.3 Å². The van der Waals surface area contributed by atoms with E-state index in [1.807, 2.05) is 0 Å². The zero-order chi connectivity index (χ0) is 19.7. The highest BCUT2D eigenvalue weighted by Crippen LogP contribution is 2.32. The highest BCUT2D eigenvalue weighted by molar-refractivity contribution is 5.85. The fourth-order valence-corrected chi connectivity index (χ4v) is 2.15. The first-order valence-corrected chi connectivity index (χ1v) is 8.28. The van der Waals surface area contributed by atoms with Gasteiger partial charge in [-0.3, -0.25) is 4.39 Å². The summed E-state index contributed by atoms with van der Waals surface area (Å²) in [5.74, 6) is -0.737. The first-order chi connectivity index (χ1) is 12.9. The fraction of sp³-hybridized carbons (Fsp3) is 0.250. The Balaban J connectivity index is 1.97. The first kappa shape index (κ1) is 20.4. The van der Waals surface area contributed by atoms with Crippen molar-refractivity contribution in [3.8, 4) is 11.5 Å². The second-order valence-corrected chi connectivity index (χ2v) is 5.63. The number of benzene rings is 2. The van der Waals surface area contributed by atoms with Gasteiger partial charge in [-0.05, 0) is 60.9 Å². The molecular formula is C20H19F3O4. The van der Waals surface area contributed by atoms with E-state index in [0.29, 0.717) is 30.8 Å². The van der Waals surface area contributed by atoms with E-state index in [2.05, 4.69) is 0 Å². The van der Waals surface area contributed by atoms with Crippen LogP contribution in [0.3, 0.4) is 0 Å². The molecule has 0 spiro atoms. The topological polar surface area (TPSA) is 55.8 Å². The van der Waals surface area contributed by atoms with Gasteiger partial charge in [-0.1, -0.05) is 12.1 Å². The van der Waals surface area contributed by atoms with Crippen molar-refractivity contribution in [3.05, 3.63) is 65.7 Å². The van der Waals surface area contributed by atoms with E-state index >= 15 is 0 Å². The number of halogens is 3. The largest absolute Gasteiger partial charge is 0.494 e. The third-order valence-electron chi connectivity index (χ3n) is 3.53. The zero-order valence-corrected chi connectivity index (χ0v) is 14.4. The molecule has 0 atom stereocenters. The van der Waals surface area contributed by atoms with Crippen LogP contribution in [0.5, 0.6) is 11.5 Å². The van der Waals surface area contributed by atoms with Gasteiger partial charge in [0.15, 0.2) is 0 Å². The third-order valence-corrected chi connectivity index (χ3v) is 3.53. The average Bonchev–Trinajstić information content (AvgIpc) is 2.65. The van der Waals surface area contributed by atoms with Crippen LogP contribution in [0.25, 0.3) is 6.08 Å². The van der Waals surface area contributed by atoms with Gasteiger partial charge < -0.3 is 14.6 Å². The van der Waals surface area contributed by atoms with Crippen LogP contribution in [0, 0.1) is 0 Å². The van der Waals surface area contributed by atoms with E-state index in [9.17, 15) is 18.0 Å². The molecule has 2 aromatic carbocycles. The van der Waals surface area contributed by atoms with Gasteiger partial charge in [0.25, 0.3) is 0 Å². The van der Waals surface area contributed by atoms with Crippen molar-refractivity contribution in [2.24, 2.45) is 0 Å².